The smallest absolute Gasteiger partial charge is 0.463 e. The van der Waals surface area contributed by atoms with Crippen molar-refractivity contribution in [2.24, 2.45) is 20.3 Å². The molecule has 0 saturated heterocycles. The average molecular weight is 879 g/mol. The van der Waals surface area contributed by atoms with Crippen molar-refractivity contribution in [3.05, 3.63) is 151 Å². The quantitative estimate of drug-likeness (QED) is 0.129. The van der Waals surface area contributed by atoms with E-state index < -0.39 is 20.0 Å². The third-order valence-corrected chi connectivity index (χ3v) is 9.79. The Balaban J connectivity index is 0.000000360. The number of fused-ring (bicyclic) bond motifs is 2. The van der Waals surface area contributed by atoms with Gasteiger partial charge >= 0.3 is 19.5 Å². The minimum atomic E-state index is -3.68. The monoisotopic (exact) mass is 876 g/mol. The van der Waals surface area contributed by atoms with Crippen LogP contribution >= 0.6 is 24.8 Å². The van der Waals surface area contributed by atoms with E-state index in [1.807, 2.05) is 26.0 Å². The van der Waals surface area contributed by atoms with Crippen LogP contribution in [0.5, 0.6) is 0 Å². The van der Waals surface area contributed by atoms with Crippen molar-refractivity contribution in [2.45, 2.75) is 36.5 Å². The minimum Gasteiger partial charge on any atom is -0.463 e. The van der Waals surface area contributed by atoms with Gasteiger partial charge in [0, 0.05) is 25.5 Å². The summed E-state index contributed by atoms with van der Waals surface area (Å²) in [5.41, 5.74) is 5.49. The van der Waals surface area contributed by atoms with Crippen LogP contribution in [0.3, 0.4) is 0 Å². The summed E-state index contributed by atoms with van der Waals surface area (Å²) in [6.45, 7) is 4.75. The Hall–Kier alpha value is -4.34. The second-order valence-electron chi connectivity index (χ2n) is 12.0. The predicted octanol–water partition coefficient (Wildman–Crippen LogP) is 5.66. The number of aliphatic imine (C=N–C) groups is 2. The number of halogens is 2. The van der Waals surface area contributed by atoms with Crippen LogP contribution in [-0.4, -0.2) is 42.4 Å². The zero-order chi connectivity index (χ0) is 37.5. The molecule has 284 valence electrons. The first-order valence-electron chi connectivity index (χ1n) is 16.0. The van der Waals surface area contributed by atoms with Crippen molar-refractivity contribution in [1.82, 2.24) is 0 Å². The number of benzene rings is 4. The third kappa shape index (κ3) is 12.9. The van der Waals surface area contributed by atoms with Crippen LogP contribution < -0.4 is 21.1 Å². The number of aryl methyl sites for hydroxylation is 2. The molecule has 6 aromatic rings. The molecule has 0 amide bonds. The number of nitrogens with zero attached hydrogens (tertiary/aromatic N) is 2. The molecule has 0 aliphatic rings. The normalized spacial score (nSPS) is 11.4. The van der Waals surface area contributed by atoms with E-state index in [4.69, 9.17) is 19.1 Å². The zero-order valence-corrected chi connectivity index (χ0v) is 36.1. The SMILES string of the molecule is Cc1ccc2occ(C=NCCc3ccc(S(N)(=O)=O)cc3)c(=O)c2c1.Cc1ccc2occ(C=NCCc3ccc(S(N)(=O)=O)cc3)c(=O)c2c1.Cl.Cl.[Zn+2]. The van der Waals surface area contributed by atoms with Crippen LogP contribution in [0.4, 0.5) is 0 Å². The Kier molecular flexibility index (Phi) is 17.5. The Bertz CT molecular complexity index is 2470. The molecule has 4 N–H and O–H groups in total. The molecule has 0 spiro atoms. The van der Waals surface area contributed by atoms with E-state index in [0.717, 1.165) is 22.3 Å². The van der Waals surface area contributed by atoms with E-state index in [1.54, 1.807) is 48.5 Å². The molecular formula is C38H38Cl2N4O8S2Zn+2. The summed E-state index contributed by atoms with van der Waals surface area (Å²) in [6.07, 6.45) is 7.05. The second kappa shape index (κ2) is 20.5. The maximum Gasteiger partial charge on any atom is 2.00 e. The fourth-order valence-corrected chi connectivity index (χ4v) is 6.13. The summed E-state index contributed by atoms with van der Waals surface area (Å²) in [6, 6.07) is 23.6. The van der Waals surface area contributed by atoms with Gasteiger partial charge in [-0.05, 0) is 86.3 Å². The Labute approximate surface area is 343 Å². The standard InChI is InChI=1S/2C19H18N2O4S.2ClH.Zn/c2*1-13-2-7-18-17(10-13)19(22)15(12-25-18)11-21-9-8-14-3-5-16(6-4-14)26(20,23)24;;;/h2*2-7,10-12H,8-9H2,1H3,(H2,20,23,24);2*1H;/q;;;;+2. The van der Waals surface area contributed by atoms with E-state index >= 15 is 0 Å². The van der Waals surface area contributed by atoms with Crippen LogP contribution in [0.25, 0.3) is 21.9 Å². The summed E-state index contributed by atoms with van der Waals surface area (Å²) >= 11 is 0. The van der Waals surface area contributed by atoms with Crippen molar-refractivity contribution in [1.29, 1.82) is 0 Å². The molecule has 4 aromatic carbocycles. The first kappa shape index (κ1) is 46.8. The minimum absolute atomic E-state index is 0. The van der Waals surface area contributed by atoms with E-state index in [1.165, 1.54) is 49.2 Å². The molecule has 0 radical (unpaired) electrons. The molecule has 0 bridgehead atoms. The van der Waals surface area contributed by atoms with Crippen molar-refractivity contribution < 1.29 is 45.1 Å². The average Bonchev–Trinajstić information content (AvgIpc) is 3.10. The number of hydrogen-bond donors (Lipinski definition) is 2. The number of rotatable bonds is 10. The van der Waals surface area contributed by atoms with Gasteiger partial charge in [0.1, 0.15) is 23.7 Å². The molecule has 2 heterocycles. The molecule has 0 fully saturated rings. The van der Waals surface area contributed by atoms with Gasteiger partial charge in [-0.2, -0.15) is 0 Å². The first-order chi connectivity index (χ1) is 24.7. The molecule has 0 atom stereocenters. The summed E-state index contributed by atoms with van der Waals surface area (Å²) in [7, 11) is -7.36. The Morgan fingerprint density at radius 1 is 0.582 bits per heavy atom. The topological polar surface area (TPSA) is 205 Å². The van der Waals surface area contributed by atoms with Gasteiger partial charge in [-0.15, -0.1) is 24.8 Å². The number of nitrogens with two attached hydrogens (primary N) is 2. The van der Waals surface area contributed by atoms with E-state index in [0.29, 0.717) is 59.0 Å². The zero-order valence-electron chi connectivity index (χ0n) is 29.9. The van der Waals surface area contributed by atoms with Crippen molar-refractivity contribution in [2.75, 3.05) is 13.1 Å². The van der Waals surface area contributed by atoms with Crippen LogP contribution in [-0.2, 0) is 52.4 Å². The van der Waals surface area contributed by atoms with Crippen molar-refractivity contribution in [3.63, 3.8) is 0 Å². The van der Waals surface area contributed by atoms with Crippen LogP contribution in [0.2, 0.25) is 0 Å². The van der Waals surface area contributed by atoms with Gasteiger partial charge in [-0.25, -0.2) is 27.1 Å². The van der Waals surface area contributed by atoms with Crippen LogP contribution in [0.1, 0.15) is 33.4 Å². The molecule has 55 heavy (non-hydrogen) atoms. The van der Waals surface area contributed by atoms with Crippen molar-refractivity contribution >= 4 is 79.2 Å². The molecule has 17 heteroatoms. The fourth-order valence-electron chi connectivity index (χ4n) is 5.10. The Morgan fingerprint density at radius 2 is 0.927 bits per heavy atom. The van der Waals surface area contributed by atoms with E-state index in [9.17, 15) is 26.4 Å². The fraction of sp³-hybridized carbons (Fsp3) is 0.158. The maximum atomic E-state index is 12.5. The predicted molar refractivity (Wildman–Crippen MR) is 217 cm³/mol. The molecule has 0 unspecified atom stereocenters. The molecule has 6 rings (SSSR count). The molecule has 12 nitrogen and oxygen atoms in total. The van der Waals surface area contributed by atoms with Crippen LogP contribution in [0, 0.1) is 13.8 Å². The Morgan fingerprint density at radius 3 is 1.25 bits per heavy atom. The second-order valence-corrected chi connectivity index (χ2v) is 15.1. The van der Waals surface area contributed by atoms with Crippen LogP contribution in [0.15, 0.2) is 136 Å². The van der Waals surface area contributed by atoms with E-state index in [2.05, 4.69) is 9.98 Å². The first-order valence-corrected chi connectivity index (χ1v) is 19.1. The summed E-state index contributed by atoms with van der Waals surface area (Å²) in [5.74, 6) is 0. The number of hydrogen-bond acceptors (Lipinski definition) is 10. The van der Waals surface area contributed by atoms with Gasteiger partial charge in [0.2, 0.25) is 30.9 Å². The molecule has 2 aromatic heterocycles. The van der Waals surface area contributed by atoms with Gasteiger partial charge in [0.15, 0.2) is 0 Å². The van der Waals surface area contributed by atoms with E-state index in [-0.39, 0.29) is 64.9 Å². The number of sulfonamides is 2. The van der Waals surface area contributed by atoms with Gasteiger partial charge < -0.3 is 8.83 Å². The largest absolute Gasteiger partial charge is 2.00 e. The van der Waals surface area contributed by atoms with Gasteiger partial charge in [0.25, 0.3) is 0 Å². The van der Waals surface area contributed by atoms with Gasteiger partial charge in [-0.3, -0.25) is 19.6 Å². The molecule has 0 aliphatic carbocycles. The number of primary sulfonamides is 2. The summed E-state index contributed by atoms with van der Waals surface area (Å²) < 4.78 is 55.9. The van der Waals surface area contributed by atoms with Gasteiger partial charge in [-0.1, -0.05) is 47.5 Å². The van der Waals surface area contributed by atoms with Crippen molar-refractivity contribution in [3.8, 4) is 0 Å². The summed E-state index contributed by atoms with van der Waals surface area (Å²) in [5, 5.41) is 11.2. The molecule has 0 aliphatic heterocycles. The molecule has 0 saturated carbocycles. The molecular weight excluding hydrogens is 841 g/mol. The third-order valence-electron chi connectivity index (χ3n) is 7.93. The summed E-state index contributed by atoms with van der Waals surface area (Å²) in [4.78, 5) is 33.6. The van der Waals surface area contributed by atoms with Gasteiger partial charge in [0.05, 0.1) is 31.7 Å². The maximum absolute atomic E-state index is 12.5.